The SMILES string of the molecule is CC1CCc2c(N)csc2C1=O. The summed E-state index contributed by atoms with van der Waals surface area (Å²) < 4.78 is 0. The number of hydrogen-bond donors (Lipinski definition) is 1. The van der Waals surface area contributed by atoms with Gasteiger partial charge in [-0.2, -0.15) is 0 Å². The Hall–Kier alpha value is -0.830. The van der Waals surface area contributed by atoms with Crippen LogP contribution in [0.5, 0.6) is 0 Å². The van der Waals surface area contributed by atoms with E-state index in [9.17, 15) is 4.79 Å². The number of anilines is 1. The molecular weight excluding hydrogens is 170 g/mol. The van der Waals surface area contributed by atoms with E-state index < -0.39 is 0 Å². The third-order valence-electron chi connectivity index (χ3n) is 2.43. The van der Waals surface area contributed by atoms with Crippen LogP contribution in [0.4, 0.5) is 5.69 Å². The van der Waals surface area contributed by atoms with Gasteiger partial charge < -0.3 is 5.73 Å². The zero-order chi connectivity index (χ0) is 8.72. The molecule has 2 rings (SSSR count). The highest BCUT2D eigenvalue weighted by molar-refractivity contribution is 7.12. The van der Waals surface area contributed by atoms with Crippen LogP contribution < -0.4 is 5.73 Å². The Bertz CT molecular complexity index is 329. The maximum Gasteiger partial charge on any atom is 0.175 e. The minimum Gasteiger partial charge on any atom is -0.398 e. The lowest BCUT2D eigenvalue weighted by Crippen LogP contribution is -2.18. The molecule has 1 aromatic heterocycles. The molecule has 0 aliphatic heterocycles. The molecule has 2 nitrogen and oxygen atoms in total. The molecule has 0 radical (unpaired) electrons. The van der Waals surface area contributed by atoms with Gasteiger partial charge in [0.25, 0.3) is 0 Å². The molecule has 0 aromatic carbocycles. The normalized spacial score (nSPS) is 22.4. The molecule has 12 heavy (non-hydrogen) atoms. The molecule has 2 N–H and O–H groups in total. The number of thiophene rings is 1. The van der Waals surface area contributed by atoms with Gasteiger partial charge in [-0.05, 0) is 18.4 Å². The van der Waals surface area contributed by atoms with Crippen molar-refractivity contribution in [3.63, 3.8) is 0 Å². The third kappa shape index (κ3) is 0.966. The molecule has 1 aliphatic rings. The molecule has 1 unspecified atom stereocenters. The Kier molecular flexibility index (Phi) is 1.68. The second-order valence-corrected chi connectivity index (χ2v) is 4.18. The minimum atomic E-state index is 0.190. The fraction of sp³-hybridized carbons (Fsp3) is 0.444. The van der Waals surface area contributed by atoms with Gasteiger partial charge in [-0.25, -0.2) is 0 Å². The van der Waals surface area contributed by atoms with Gasteiger partial charge in [0.15, 0.2) is 5.78 Å². The number of nitrogens with two attached hydrogens (primary N) is 1. The van der Waals surface area contributed by atoms with Gasteiger partial charge in [-0.1, -0.05) is 6.92 Å². The van der Waals surface area contributed by atoms with E-state index in [1.54, 1.807) is 0 Å². The predicted octanol–water partition coefficient (Wildman–Crippen LogP) is 2.10. The summed E-state index contributed by atoms with van der Waals surface area (Å²) >= 11 is 1.49. The molecular formula is C9H11NOS. The lowest BCUT2D eigenvalue weighted by molar-refractivity contribution is 0.0918. The first-order valence-electron chi connectivity index (χ1n) is 4.10. The smallest absolute Gasteiger partial charge is 0.175 e. The van der Waals surface area contributed by atoms with Crippen molar-refractivity contribution in [1.29, 1.82) is 0 Å². The molecule has 64 valence electrons. The molecule has 1 aromatic rings. The molecule has 1 aliphatic carbocycles. The van der Waals surface area contributed by atoms with Crippen LogP contribution in [0.15, 0.2) is 5.38 Å². The first kappa shape index (κ1) is 7.80. The number of carbonyl (C=O) groups excluding carboxylic acids is 1. The molecule has 1 heterocycles. The van der Waals surface area contributed by atoms with E-state index in [0.29, 0.717) is 0 Å². The maximum absolute atomic E-state index is 11.6. The van der Waals surface area contributed by atoms with Crippen molar-refractivity contribution in [2.24, 2.45) is 5.92 Å². The molecule has 0 saturated heterocycles. The summed E-state index contributed by atoms with van der Waals surface area (Å²) in [6, 6.07) is 0. The summed E-state index contributed by atoms with van der Waals surface area (Å²) in [6.45, 7) is 1.99. The Morgan fingerprint density at radius 3 is 3.17 bits per heavy atom. The number of carbonyl (C=O) groups is 1. The first-order valence-corrected chi connectivity index (χ1v) is 4.98. The third-order valence-corrected chi connectivity index (χ3v) is 3.48. The highest BCUT2D eigenvalue weighted by Gasteiger charge is 2.26. The summed E-state index contributed by atoms with van der Waals surface area (Å²) in [4.78, 5) is 12.5. The van der Waals surface area contributed by atoms with Crippen LogP contribution in [-0.4, -0.2) is 5.78 Å². The van der Waals surface area contributed by atoms with Gasteiger partial charge >= 0.3 is 0 Å². The molecule has 3 heteroatoms. The average molecular weight is 181 g/mol. The summed E-state index contributed by atoms with van der Waals surface area (Å²) in [6.07, 6.45) is 1.92. The van der Waals surface area contributed by atoms with E-state index >= 15 is 0 Å². The standard InChI is InChI=1S/C9H11NOS/c1-5-2-3-6-7(10)4-12-9(6)8(5)11/h4-5H,2-3,10H2,1H3. The van der Waals surface area contributed by atoms with Crippen LogP contribution in [-0.2, 0) is 6.42 Å². The van der Waals surface area contributed by atoms with E-state index in [1.165, 1.54) is 11.3 Å². The lowest BCUT2D eigenvalue weighted by Gasteiger charge is -2.16. The van der Waals surface area contributed by atoms with Crippen molar-refractivity contribution in [1.82, 2.24) is 0 Å². The van der Waals surface area contributed by atoms with E-state index in [2.05, 4.69) is 0 Å². The van der Waals surface area contributed by atoms with Gasteiger partial charge in [0, 0.05) is 17.0 Å². The molecule has 0 spiro atoms. The Morgan fingerprint density at radius 1 is 1.67 bits per heavy atom. The van der Waals surface area contributed by atoms with Crippen LogP contribution in [0.1, 0.15) is 28.6 Å². The Morgan fingerprint density at radius 2 is 2.42 bits per heavy atom. The van der Waals surface area contributed by atoms with Crippen LogP contribution in [0.25, 0.3) is 0 Å². The fourth-order valence-corrected chi connectivity index (χ4v) is 2.64. The molecule has 1 atom stereocenters. The van der Waals surface area contributed by atoms with E-state index in [1.807, 2.05) is 12.3 Å². The number of rotatable bonds is 0. The number of nitrogen functional groups attached to an aromatic ring is 1. The van der Waals surface area contributed by atoms with Crippen LogP contribution in [0, 0.1) is 5.92 Å². The molecule has 0 amide bonds. The highest BCUT2D eigenvalue weighted by atomic mass is 32.1. The van der Waals surface area contributed by atoms with Crippen LogP contribution >= 0.6 is 11.3 Å². The minimum absolute atomic E-state index is 0.190. The van der Waals surface area contributed by atoms with E-state index in [-0.39, 0.29) is 11.7 Å². The van der Waals surface area contributed by atoms with Crippen molar-refractivity contribution in [3.8, 4) is 0 Å². The quantitative estimate of drug-likeness (QED) is 0.666. The number of ketones is 1. The van der Waals surface area contributed by atoms with Gasteiger partial charge in [-0.15, -0.1) is 11.3 Å². The fourth-order valence-electron chi connectivity index (χ4n) is 1.58. The molecule has 0 bridgehead atoms. The van der Waals surface area contributed by atoms with Crippen LogP contribution in [0.3, 0.4) is 0 Å². The largest absolute Gasteiger partial charge is 0.398 e. The number of Topliss-reactive ketones (excluding diaryl/α,β-unsaturated/α-hetero) is 1. The van der Waals surface area contributed by atoms with Gasteiger partial charge in [-0.3, -0.25) is 4.79 Å². The highest BCUT2D eigenvalue weighted by Crippen LogP contribution is 2.33. The maximum atomic E-state index is 11.6. The van der Waals surface area contributed by atoms with Gasteiger partial charge in [0.05, 0.1) is 4.88 Å². The van der Waals surface area contributed by atoms with Crippen molar-refractivity contribution in [3.05, 3.63) is 15.8 Å². The summed E-state index contributed by atoms with van der Waals surface area (Å²) in [5, 5.41) is 1.88. The van der Waals surface area contributed by atoms with E-state index in [4.69, 9.17) is 5.73 Å². The zero-order valence-electron chi connectivity index (χ0n) is 6.96. The predicted molar refractivity (Wildman–Crippen MR) is 50.5 cm³/mol. The first-order chi connectivity index (χ1) is 5.70. The van der Waals surface area contributed by atoms with Crippen molar-refractivity contribution in [2.75, 3.05) is 5.73 Å². The van der Waals surface area contributed by atoms with Gasteiger partial charge in [0.1, 0.15) is 0 Å². The van der Waals surface area contributed by atoms with Crippen LogP contribution in [0.2, 0.25) is 0 Å². The Balaban J connectivity index is 2.50. The summed E-state index contributed by atoms with van der Waals surface area (Å²) in [7, 11) is 0. The number of hydrogen-bond acceptors (Lipinski definition) is 3. The van der Waals surface area contributed by atoms with Gasteiger partial charge in [0.2, 0.25) is 0 Å². The lowest BCUT2D eigenvalue weighted by atomic mass is 9.89. The second kappa shape index (κ2) is 2.59. The summed E-state index contributed by atoms with van der Waals surface area (Å²) in [5.74, 6) is 0.466. The van der Waals surface area contributed by atoms with Crippen molar-refractivity contribution < 1.29 is 4.79 Å². The summed E-state index contributed by atoms with van der Waals surface area (Å²) in [5.41, 5.74) is 7.61. The molecule has 0 saturated carbocycles. The molecule has 0 fully saturated rings. The zero-order valence-corrected chi connectivity index (χ0v) is 7.78. The monoisotopic (exact) mass is 181 g/mol. The van der Waals surface area contributed by atoms with Crippen molar-refractivity contribution >= 4 is 22.8 Å². The topological polar surface area (TPSA) is 43.1 Å². The second-order valence-electron chi connectivity index (χ2n) is 3.30. The average Bonchev–Trinajstić information content (AvgIpc) is 2.41. The Labute approximate surface area is 75.4 Å². The number of fused-ring (bicyclic) bond motifs is 1. The van der Waals surface area contributed by atoms with Crippen molar-refractivity contribution in [2.45, 2.75) is 19.8 Å². The van der Waals surface area contributed by atoms with E-state index in [0.717, 1.165) is 29.0 Å².